The van der Waals surface area contributed by atoms with Crippen molar-refractivity contribution in [1.29, 1.82) is 0 Å². The van der Waals surface area contributed by atoms with Crippen LogP contribution in [0.1, 0.15) is 46.9 Å². The monoisotopic (exact) mass is 373 g/mol. The predicted octanol–water partition coefficient (Wildman–Crippen LogP) is 2.18. The Morgan fingerprint density at radius 3 is 2.81 bits per heavy atom. The number of hydrogen-bond donors (Lipinski definition) is 2. The van der Waals surface area contributed by atoms with Gasteiger partial charge in [0, 0.05) is 18.2 Å². The van der Waals surface area contributed by atoms with Crippen LogP contribution in [-0.2, 0) is 17.8 Å². The molecule has 8 nitrogen and oxygen atoms in total. The molecule has 1 atom stereocenters. The highest BCUT2D eigenvalue weighted by molar-refractivity contribution is 5.95. The Morgan fingerprint density at radius 2 is 2.11 bits per heavy atom. The number of aryl methyl sites for hydroxylation is 1. The zero-order valence-corrected chi connectivity index (χ0v) is 15.4. The number of hydrogen-bond acceptors (Lipinski definition) is 5. The average Bonchev–Trinajstić information content (AvgIpc) is 3.10. The zero-order valence-electron chi connectivity index (χ0n) is 15.4. The van der Waals surface area contributed by atoms with Crippen LogP contribution in [0.5, 0.6) is 11.5 Å². The summed E-state index contributed by atoms with van der Waals surface area (Å²) in [5.41, 5.74) is 1.97. The molecule has 0 bridgehead atoms. The molecule has 1 aliphatic heterocycles. The summed E-state index contributed by atoms with van der Waals surface area (Å²) in [5, 5.41) is 16.4. The van der Waals surface area contributed by atoms with E-state index in [1.807, 2.05) is 4.68 Å². The second-order valence-electron chi connectivity index (χ2n) is 6.42. The van der Waals surface area contributed by atoms with Crippen LogP contribution in [-0.4, -0.2) is 41.0 Å². The predicted molar refractivity (Wildman–Crippen MR) is 97.2 cm³/mol. The molecule has 0 saturated carbocycles. The van der Waals surface area contributed by atoms with E-state index in [1.165, 1.54) is 14.2 Å². The van der Waals surface area contributed by atoms with Crippen molar-refractivity contribution in [3.63, 3.8) is 0 Å². The van der Waals surface area contributed by atoms with Gasteiger partial charge in [-0.15, -0.1) is 0 Å². The summed E-state index contributed by atoms with van der Waals surface area (Å²) in [7, 11) is 3.03. The van der Waals surface area contributed by atoms with Crippen LogP contribution in [0.3, 0.4) is 0 Å². The summed E-state index contributed by atoms with van der Waals surface area (Å²) in [6.45, 7) is 0.799. The smallest absolute Gasteiger partial charge is 0.305 e. The van der Waals surface area contributed by atoms with Crippen LogP contribution in [0.15, 0.2) is 24.4 Å². The van der Waals surface area contributed by atoms with Crippen molar-refractivity contribution in [2.75, 3.05) is 14.2 Å². The number of nitrogens with one attached hydrogen (secondary N) is 1. The maximum absolute atomic E-state index is 12.8. The number of rotatable bonds is 7. The summed E-state index contributed by atoms with van der Waals surface area (Å²) in [6, 6.07) is 4.34. The van der Waals surface area contributed by atoms with Crippen LogP contribution in [0.2, 0.25) is 0 Å². The van der Waals surface area contributed by atoms with E-state index < -0.39 is 12.0 Å². The molecule has 144 valence electrons. The van der Waals surface area contributed by atoms with Gasteiger partial charge in [0.05, 0.1) is 44.1 Å². The van der Waals surface area contributed by atoms with Gasteiger partial charge in [-0.3, -0.25) is 14.3 Å². The molecular formula is C19H23N3O5. The molecule has 1 aliphatic rings. The molecule has 8 heteroatoms. The van der Waals surface area contributed by atoms with E-state index in [2.05, 4.69) is 10.4 Å². The van der Waals surface area contributed by atoms with Crippen LogP contribution in [0, 0.1) is 0 Å². The molecule has 0 saturated heterocycles. The lowest BCUT2D eigenvalue weighted by Crippen LogP contribution is -2.31. The van der Waals surface area contributed by atoms with Gasteiger partial charge in [-0.05, 0) is 31.4 Å². The van der Waals surface area contributed by atoms with E-state index in [9.17, 15) is 14.7 Å². The number of carbonyl (C=O) groups is 2. The van der Waals surface area contributed by atoms with Crippen LogP contribution in [0.25, 0.3) is 0 Å². The molecule has 0 fully saturated rings. The minimum Gasteiger partial charge on any atom is -0.497 e. The number of benzene rings is 1. The highest BCUT2D eigenvalue weighted by Crippen LogP contribution is 2.31. The van der Waals surface area contributed by atoms with E-state index in [1.54, 1.807) is 24.4 Å². The van der Waals surface area contributed by atoms with Crippen molar-refractivity contribution in [3.05, 3.63) is 41.2 Å². The third kappa shape index (κ3) is 4.05. The molecule has 2 heterocycles. The Balaban J connectivity index is 1.89. The number of amides is 1. The topological polar surface area (TPSA) is 103 Å². The van der Waals surface area contributed by atoms with Crippen molar-refractivity contribution in [1.82, 2.24) is 15.1 Å². The van der Waals surface area contributed by atoms with Crippen molar-refractivity contribution < 1.29 is 24.2 Å². The molecular weight excluding hydrogens is 350 g/mol. The number of fused-ring (bicyclic) bond motifs is 1. The van der Waals surface area contributed by atoms with Crippen molar-refractivity contribution >= 4 is 11.9 Å². The molecule has 1 unspecified atom stereocenters. The van der Waals surface area contributed by atoms with E-state index in [0.29, 0.717) is 22.6 Å². The second kappa shape index (κ2) is 8.11. The maximum Gasteiger partial charge on any atom is 0.305 e. The van der Waals surface area contributed by atoms with Gasteiger partial charge in [-0.2, -0.15) is 5.10 Å². The SMILES string of the molecule is COc1ccc(C(CC(=O)O)NC(=O)c2cnn3c2CCCC3)c(OC)c1. The Morgan fingerprint density at radius 1 is 1.30 bits per heavy atom. The Bertz CT molecular complexity index is 846. The summed E-state index contributed by atoms with van der Waals surface area (Å²) in [6.07, 6.45) is 4.13. The Kier molecular flexibility index (Phi) is 5.63. The highest BCUT2D eigenvalue weighted by atomic mass is 16.5. The van der Waals surface area contributed by atoms with Crippen molar-refractivity contribution in [3.8, 4) is 11.5 Å². The van der Waals surface area contributed by atoms with Gasteiger partial charge in [-0.1, -0.05) is 0 Å². The molecule has 2 N–H and O–H groups in total. The molecule has 0 radical (unpaired) electrons. The molecule has 1 amide bonds. The molecule has 1 aromatic heterocycles. The Labute approximate surface area is 157 Å². The summed E-state index contributed by atoms with van der Waals surface area (Å²) >= 11 is 0. The number of ether oxygens (including phenoxy) is 2. The molecule has 0 spiro atoms. The zero-order chi connectivity index (χ0) is 19.4. The maximum atomic E-state index is 12.8. The second-order valence-corrected chi connectivity index (χ2v) is 6.42. The highest BCUT2D eigenvalue weighted by Gasteiger charge is 2.26. The van der Waals surface area contributed by atoms with Gasteiger partial charge in [0.1, 0.15) is 11.5 Å². The summed E-state index contributed by atoms with van der Waals surface area (Å²) < 4.78 is 12.4. The average molecular weight is 373 g/mol. The fourth-order valence-corrected chi connectivity index (χ4v) is 3.37. The first-order chi connectivity index (χ1) is 13.0. The van der Waals surface area contributed by atoms with Crippen LogP contribution in [0.4, 0.5) is 0 Å². The molecule has 3 rings (SSSR count). The first-order valence-electron chi connectivity index (χ1n) is 8.82. The number of methoxy groups -OCH3 is 2. The number of aromatic nitrogens is 2. The normalized spacial score (nSPS) is 14.1. The van der Waals surface area contributed by atoms with Gasteiger partial charge in [0.15, 0.2) is 0 Å². The van der Waals surface area contributed by atoms with Gasteiger partial charge in [0.25, 0.3) is 5.91 Å². The molecule has 0 aliphatic carbocycles. The lowest BCUT2D eigenvalue weighted by Gasteiger charge is -2.21. The number of nitrogens with zero attached hydrogens (tertiary/aromatic N) is 2. The van der Waals surface area contributed by atoms with E-state index >= 15 is 0 Å². The largest absolute Gasteiger partial charge is 0.497 e. The van der Waals surface area contributed by atoms with Crippen molar-refractivity contribution in [2.24, 2.45) is 0 Å². The number of carbonyl (C=O) groups excluding carboxylic acids is 1. The van der Waals surface area contributed by atoms with Gasteiger partial charge < -0.3 is 19.9 Å². The molecule has 27 heavy (non-hydrogen) atoms. The fraction of sp³-hybridized carbons (Fsp3) is 0.421. The lowest BCUT2D eigenvalue weighted by molar-refractivity contribution is -0.137. The number of aliphatic carboxylic acids is 1. The Hall–Kier alpha value is -3.03. The summed E-state index contributed by atoms with van der Waals surface area (Å²) in [4.78, 5) is 24.2. The minimum absolute atomic E-state index is 0.266. The first-order valence-corrected chi connectivity index (χ1v) is 8.82. The third-order valence-corrected chi connectivity index (χ3v) is 4.73. The van der Waals surface area contributed by atoms with Crippen molar-refractivity contribution in [2.45, 2.75) is 38.3 Å². The summed E-state index contributed by atoms with van der Waals surface area (Å²) in [5.74, 6) is -0.308. The van der Waals surface area contributed by atoms with Gasteiger partial charge in [0.2, 0.25) is 0 Å². The number of carboxylic acids is 1. The standard InChI is InChI=1S/C19H23N3O5/c1-26-12-6-7-13(17(9-12)27-2)15(10-18(23)24)21-19(25)14-11-20-22-8-4-3-5-16(14)22/h6-7,9,11,15H,3-5,8,10H2,1-2H3,(H,21,25)(H,23,24). The fourth-order valence-electron chi connectivity index (χ4n) is 3.37. The quantitative estimate of drug-likeness (QED) is 0.771. The van der Waals surface area contributed by atoms with E-state index in [-0.39, 0.29) is 12.3 Å². The number of carboxylic acid groups (broad SMARTS) is 1. The third-order valence-electron chi connectivity index (χ3n) is 4.73. The van der Waals surface area contributed by atoms with Gasteiger partial charge in [-0.25, -0.2) is 0 Å². The lowest BCUT2D eigenvalue weighted by atomic mass is 10.0. The van der Waals surface area contributed by atoms with E-state index in [0.717, 1.165) is 31.5 Å². The minimum atomic E-state index is -1.02. The van der Waals surface area contributed by atoms with Crippen LogP contribution < -0.4 is 14.8 Å². The molecule has 1 aromatic carbocycles. The molecule has 2 aromatic rings. The van der Waals surface area contributed by atoms with Crippen LogP contribution >= 0.6 is 0 Å². The first kappa shape index (κ1) is 18.8. The van der Waals surface area contributed by atoms with E-state index in [4.69, 9.17) is 9.47 Å². The van der Waals surface area contributed by atoms with Gasteiger partial charge >= 0.3 is 5.97 Å².